The van der Waals surface area contributed by atoms with Gasteiger partial charge in [-0.1, -0.05) is 48.0 Å². The lowest BCUT2D eigenvalue weighted by molar-refractivity contribution is -0.116. The van der Waals surface area contributed by atoms with Gasteiger partial charge in [-0.15, -0.1) is 11.3 Å². The van der Waals surface area contributed by atoms with Gasteiger partial charge < -0.3 is 40.2 Å². The number of H-pyrrole nitrogens is 1. The lowest BCUT2D eigenvalue weighted by Crippen LogP contribution is -2.39. The van der Waals surface area contributed by atoms with E-state index >= 15 is 0 Å². The Balaban J connectivity index is 0.943. The Hall–Kier alpha value is -4.99. The van der Waals surface area contributed by atoms with Crippen LogP contribution in [0.5, 0.6) is 11.5 Å². The molecule has 1 aliphatic heterocycles. The van der Waals surface area contributed by atoms with Crippen molar-refractivity contribution in [2.45, 2.75) is 44.9 Å². The van der Waals surface area contributed by atoms with Crippen LogP contribution < -0.4 is 26.2 Å². The number of aromatic hydroxyl groups is 1. The van der Waals surface area contributed by atoms with Gasteiger partial charge in [-0.25, -0.2) is 9.78 Å². The van der Waals surface area contributed by atoms with E-state index in [0.717, 1.165) is 21.8 Å². The summed E-state index contributed by atoms with van der Waals surface area (Å²) in [7, 11) is 1.52. The third-order valence-corrected chi connectivity index (χ3v) is 10.2. The molecule has 0 bridgehead atoms. The lowest BCUT2D eigenvalue weighted by Gasteiger charge is -2.31. The number of likely N-dealkylation sites (tertiary alicyclic amines) is 1. The normalized spacial score (nSPS) is 14.2. The van der Waals surface area contributed by atoms with Gasteiger partial charge in [0, 0.05) is 67.8 Å². The van der Waals surface area contributed by atoms with E-state index in [1.54, 1.807) is 24.3 Å². The van der Waals surface area contributed by atoms with Crippen molar-refractivity contribution >= 4 is 56.5 Å². The molecule has 53 heavy (non-hydrogen) atoms. The number of hydrogen-bond donors (Lipinski definition) is 6. The number of nitrogens with one attached hydrogen (secondary N) is 4. The van der Waals surface area contributed by atoms with Gasteiger partial charge in [0.25, 0.3) is 0 Å². The number of aromatic amines is 1. The van der Waals surface area contributed by atoms with Gasteiger partial charge in [0.15, 0.2) is 0 Å². The first-order valence-corrected chi connectivity index (χ1v) is 18.4. The molecule has 5 aromatic rings. The number of pyridine rings is 1. The highest BCUT2D eigenvalue weighted by Crippen LogP contribution is 2.34. The fraction of sp³-hybridized carbons (Fsp3) is 0.316. The van der Waals surface area contributed by atoms with E-state index < -0.39 is 12.2 Å². The molecule has 15 heteroatoms. The molecule has 3 heterocycles. The number of phenols is 1. The van der Waals surface area contributed by atoms with Gasteiger partial charge in [0.2, 0.25) is 11.5 Å². The van der Waals surface area contributed by atoms with Crippen LogP contribution in [0.15, 0.2) is 71.5 Å². The van der Waals surface area contributed by atoms with Crippen LogP contribution in [0, 0.1) is 6.92 Å². The predicted molar refractivity (Wildman–Crippen MR) is 206 cm³/mol. The van der Waals surface area contributed by atoms with Crippen molar-refractivity contribution in [2.75, 3.05) is 43.9 Å². The molecule has 1 fully saturated rings. The maximum absolute atomic E-state index is 12.9. The summed E-state index contributed by atoms with van der Waals surface area (Å²) in [5, 5.41) is 32.4. The highest BCUT2D eigenvalue weighted by atomic mass is 35.5. The van der Waals surface area contributed by atoms with Crippen LogP contribution in [0.4, 0.5) is 15.5 Å². The number of nitrogens with zero attached hydrogens (tertiary/aromatic N) is 2. The topological polar surface area (TPSA) is 178 Å². The molecule has 1 aliphatic rings. The molecule has 1 atom stereocenters. The molecule has 13 nitrogen and oxygen atoms in total. The Morgan fingerprint density at radius 1 is 1.09 bits per heavy atom. The zero-order chi connectivity index (χ0) is 37.5. The highest BCUT2D eigenvalue weighted by Gasteiger charge is 2.24. The van der Waals surface area contributed by atoms with E-state index in [1.165, 1.54) is 30.6 Å². The summed E-state index contributed by atoms with van der Waals surface area (Å²) in [6.07, 6.45) is -0.101. The summed E-state index contributed by atoms with van der Waals surface area (Å²) in [5.74, 6) is 0.229. The van der Waals surface area contributed by atoms with Crippen LogP contribution in [0.3, 0.4) is 0 Å². The Bertz CT molecular complexity index is 2140. The Labute approximate surface area is 314 Å². The summed E-state index contributed by atoms with van der Waals surface area (Å²) in [5.41, 5.74) is 3.25. The van der Waals surface area contributed by atoms with Crippen molar-refractivity contribution in [1.29, 1.82) is 0 Å². The van der Waals surface area contributed by atoms with Gasteiger partial charge in [0.05, 0.1) is 34.4 Å². The smallest absolute Gasteiger partial charge is 0.412 e. The maximum atomic E-state index is 12.9. The van der Waals surface area contributed by atoms with Crippen LogP contribution in [0.2, 0.25) is 5.02 Å². The molecule has 0 spiro atoms. The molecule has 0 saturated carbocycles. The van der Waals surface area contributed by atoms with E-state index in [9.17, 15) is 24.6 Å². The van der Waals surface area contributed by atoms with Crippen LogP contribution in [-0.2, 0) is 16.1 Å². The number of methoxy groups -OCH3 is 1. The highest BCUT2D eigenvalue weighted by molar-refractivity contribution is 7.16. The first kappa shape index (κ1) is 37.8. The number of carbonyl (C=O) groups excluding carboxylic acids is 2. The minimum atomic E-state index is -0.936. The number of ether oxygens (including phenoxy) is 2. The maximum Gasteiger partial charge on any atom is 0.412 e. The lowest BCUT2D eigenvalue weighted by atomic mass is 10.0. The van der Waals surface area contributed by atoms with E-state index in [-0.39, 0.29) is 41.8 Å². The van der Waals surface area contributed by atoms with Crippen molar-refractivity contribution in [1.82, 2.24) is 20.2 Å². The molecule has 1 saturated heterocycles. The minimum Gasteiger partial charge on any atom is -0.506 e. The van der Waals surface area contributed by atoms with Gasteiger partial charge in [-0.3, -0.25) is 14.9 Å². The molecule has 0 unspecified atom stereocenters. The standard InChI is InChI=1S/C38H41ClN6O7S/c1-22-41-35(23-6-4-3-5-7-23)37(53-22)44-38(50)52-25-12-15-45(16-13-25)17-14-34(49)42-29-19-32(51-2)24(18-28(29)39)20-40-21-31(47)26-8-10-30(46)36-27(26)9-11-33(48)43-36/h3-11,18-19,25,31,40,46-47H,12-17,20-21H2,1-2H3,(H,42,49)(H,43,48)(H,44,50)/t31-/m0/s1. The number of benzene rings is 3. The third-order valence-electron chi connectivity index (χ3n) is 9.02. The van der Waals surface area contributed by atoms with Crippen LogP contribution >= 0.6 is 22.9 Å². The average Bonchev–Trinajstić information content (AvgIpc) is 3.52. The summed E-state index contributed by atoms with van der Waals surface area (Å²) in [6.45, 7) is 4.28. The van der Waals surface area contributed by atoms with Crippen molar-refractivity contribution in [2.24, 2.45) is 0 Å². The molecule has 6 N–H and O–H groups in total. The molecule has 6 rings (SSSR count). The first-order valence-electron chi connectivity index (χ1n) is 17.2. The van der Waals surface area contributed by atoms with Crippen molar-refractivity contribution in [3.05, 3.63) is 98.2 Å². The van der Waals surface area contributed by atoms with Crippen molar-refractivity contribution in [3.63, 3.8) is 0 Å². The molecular formula is C38H41ClN6O7S. The quantitative estimate of drug-likeness (QED) is 0.0811. The van der Waals surface area contributed by atoms with Gasteiger partial charge >= 0.3 is 6.09 Å². The number of fused-ring (bicyclic) bond motifs is 1. The number of aliphatic hydroxyl groups excluding tert-OH is 1. The molecule has 2 aromatic heterocycles. The second-order valence-corrected chi connectivity index (χ2v) is 14.3. The monoisotopic (exact) mass is 760 g/mol. The van der Waals surface area contributed by atoms with Crippen LogP contribution in [0.25, 0.3) is 22.2 Å². The summed E-state index contributed by atoms with van der Waals surface area (Å²) >= 11 is 7.98. The second-order valence-electron chi connectivity index (χ2n) is 12.7. The molecule has 278 valence electrons. The number of aryl methyl sites for hydroxylation is 1. The average molecular weight is 761 g/mol. The SMILES string of the molecule is COc1cc(NC(=O)CCN2CCC(OC(=O)Nc3sc(C)nc3-c3ccccc3)CC2)c(Cl)cc1CNC[C@H](O)c1ccc(O)c2[nH]c(=O)ccc12. The van der Waals surface area contributed by atoms with E-state index in [2.05, 4.69) is 30.8 Å². The number of aliphatic hydroxyl groups is 1. The fourth-order valence-electron chi connectivity index (χ4n) is 6.32. The predicted octanol–water partition coefficient (Wildman–Crippen LogP) is 6.19. The molecular weight excluding hydrogens is 720 g/mol. The van der Waals surface area contributed by atoms with E-state index in [0.29, 0.717) is 71.4 Å². The molecule has 0 radical (unpaired) electrons. The van der Waals surface area contributed by atoms with Crippen molar-refractivity contribution in [3.8, 4) is 22.8 Å². The second kappa shape index (κ2) is 17.2. The summed E-state index contributed by atoms with van der Waals surface area (Å²) < 4.78 is 11.3. The number of phenolic OH excluding ortho intramolecular Hbond substituents is 1. The number of aromatic nitrogens is 2. The third kappa shape index (κ3) is 9.52. The minimum absolute atomic E-state index is 0.0808. The summed E-state index contributed by atoms with van der Waals surface area (Å²) in [6, 6.07) is 19.0. The summed E-state index contributed by atoms with van der Waals surface area (Å²) in [4.78, 5) is 46.8. The zero-order valence-corrected chi connectivity index (χ0v) is 30.9. The van der Waals surface area contributed by atoms with Crippen LogP contribution in [0.1, 0.15) is 41.5 Å². The molecule has 2 amide bonds. The van der Waals surface area contributed by atoms with Crippen molar-refractivity contribution < 1.29 is 29.3 Å². The number of halogens is 1. The number of piperidine rings is 1. The number of amides is 2. The largest absolute Gasteiger partial charge is 0.506 e. The number of hydrogen-bond acceptors (Lipinski definition) is 11. The van der Waals surface area contributed by atoms with Crippen LogP contribution in [-0.4, -0.2) is 76.5 Å². The van der Waals surface area contributed by atoms with Gasteiger partial charge in [-0.05, 0) is 43.5 Å². The number of anilines is 2. The van der Waals surface area contributed by atoms with E-state index in [1.807, 2.05) is 37.3 Å². The Morgan fingerprint density at radius 3 is 2.62 bits per heavy atom. The number of carbonyl (C=O) groups is 2. The fourth-order valence-corrected chi connectivity index (χ4v) is 7.38. The zero-order valence-electron chi connectivity index (χ0n) is 29.3. The van der Waals surface area contributed by atoms with Gasteiger partial charge in [0.1, 0.15) is 28.3 Å². The molecule has 0 aliphatic carbocycles. The van der Waals surface area contributed by atoms with Gasteiger partial charge in [-0.2, -0.15) is 0 Å². The molecule has 3 aromatic carbocycles. The Morgan fingerprint density at radius 2 is 1.87 bits per heavy atom. The number of thiazole rings is 1. The Kier molecular flexibility index (Phi) is 12.3. The van der Waals surface area contributed by atoms with E-state index in [4.69, 9.17) is 21.1 Å². The number of rotatable bonds is 13. The first-order chi connectivity index (χ1) is 25.6.